The maximum absolute atomic E-state index is 12.7. The fourth-order valence-electron chi connectivity index (χ4n) is 4.48. The van der Waals surface area contributed by atoms with Crippen LogP contribution in [0.15, 0.2) is 18.3 Å². The molecular weight excluding hydrogens is 385 g/mol. The van der Waals surface area contributed by atoms with E-state index in [9.17, 15) is 18.0 Å². The van der Waals surface area contributed by atoms with E-state index in [1.807, 2.05) is 9.80 Å². The molecule has 1 aromatic rings. The van der Waals surface area contributed by atoms with Gasteiger partial charge in [0.05, 0.1) is 5.56 Å². The first-order valence-electron chi connectivity index (χ1n) is 10.3. The molecule has 29 heavy (non-hydrogen) atoms. The summed E-state index contributed by atoms with van der Waals surface area (Å²) in [5.41, 5.74) is -0.718. The number of hydrogen-bond donors (Lipinski definition) is 0. The number of rotatable bonds is 3. The summed E-state index contributed by atoms with van der Waals surface area (Å²) in [5.74, 6) is 0.730. The summed E-state index contributed by atoms with van der Waals surface area (Å²) in [5, 5.41) is 0. The Hall–Kier alpha value is -1.87. The Morgan fingerprint density at radius 2 is 1.76 bits per heavy atom. The molecule has 0 radical (unpaired) electrons. The average Bonchev–Trinajstić information content (AvgIpc) is 3.28. The number of piperidine rings is 1. The number of likely N-dealkylation sites (tertiary alicyclic amines) is 1. The number of nitrogens with zero attached hydrogens (tertiary/aromatic N) is 4. The highest BCUT2D eigenvalue weighted by molar-refractivity contribution is 5.81. The first-order valence-corrected chi connectivity index (χ1v) is 10.3. The minimum absolute atomic E-state index is 0.138. The van der Waals surface area contributed by atoms with Gasteiger partial charge in [0.2, 0.25) is 0 Å². The van der Waals surface area contributed by atoms with Crippen LogP contribution >= 0.6 is 0 Å². The quantitative estimate of drug-likeness (QED) is 0.763. The predicted octanol–water partition coefficient (Wildman–Crippen LogP) is 2.39. The van der Waals surface area contributed by atoms with Crippen LogP contribution in [0.2, 0.25) is 0 Å². The number of carbonyl (C=O) groups excluding carboxylic acids is 1. The van der Waals surface area contributed by atoms with E-state index in [1.54, 1.807) is 0 Å². The van der Waals surface area contributed by atoms with Gasteiger partial charge in [0.15, 0.2) is 0 Å². The summed E-state index contributed by atoms with van der Waals surface area (Å²) in [6.07, 6.45) is 0.0103. The second kappa shape index (κ2) is 8.47. The Labute approximate surface area is 168 Å². The van der Waals surface area contributed by atoms with Crippen molar-refractivity contribution in [1.29, 1.82) is 0 Å². The SMILES string of the molecule is O=C(C1CCCO1)N1CCC(N2CCN(c3ccc(C(F)(F)F)cn3)CC2)CC1. The molecule has 0 N–H and O–H groups in total. The molecule has 4 rings (SSSR count). The Balaban J connectivity index is 1.24. The van der Waals surface area contributed by atoms with Gasteiger partial charge in [-0.05, 0) is 37.8 Å². The van der Waals surface area contributed by atoms with Gasteiger partial charge in [0.25, 0.3) is 5.91 Å². The molecule has 1 unspecified atom stereocenters. The van der Waals surface area contributed by atoms with Crippen LogP contribution in [-0.4, -0.2) is 78.7 Å². The van der Waals surface area contributed by atoms with Gasteiger partial charge < -0.3 is 14.5 Å². The molecule has 0 spiro atoms. The van der Waals surface area contributed by atoms with Crippen molar-refractivity contribution in [1.82, 2.24) is 14.8 Å². The van der Waals surface area contributed by atoms with Gasteiger partial charge >= 0.3 is 6.18 Å². The minimum Gasteiger partial charge on any atom is -0.368 e. The third-order valence-corrected chi connectivity index (χ3v) is 6.21. The van der Waals surface area contributed by atoms with E-state index in [0.29, 0.717) is 18.5 Å². The lowest BCUT2D eigenvalue weighted by Crippen LogP contribution is -2.54. The van der Waals surface area contributed by atoms with Crippen molar-refractivity contribution in [2.45, 2.75) is 44.0 Å². The van der Waals surface area contributed by atoms with Crippen LogP contribution in [-0.2, 0) is 15.7 Å². The third kappa shape index (κ3) is 4.66. The zero-order valence-corrected chi connectivity index (χ0v) is 16.4. The average molecular weight is 412 g/mol. The lowest BCUT2D eigenvalue weighted by atomic mass is 10.0. The molecule has 3 aliphatic heterocycles. The molecule has 3 aliphatic rings. The van der Waals surface area contributed by atoms with Gasteiger partial charge in [0, 0.05) is 58.1 Å². The summed E-state index contributed by atoms with van der Waals surface area (Å²) >= 11 is 0. The van der Waals surface area contributed by atoms with Crippen molar-refractivity contribution >= 4 is 11.7 Å². The number of ether oxygens (including phenoxy) is 1. The molecule has 160 valence electrons. The highest BCUT2D eigenvalue weighted by Crippen LogP contribution is 2.30. The highest BCUT2D eigenvalue weighted by atomic mass is 19.4. The van der Waals surface area contributed by atoms with Crippen LogP contribution in [0.4, 0.5) is 19.0 Å². The topological polar surface area (TPSA) is 48.9 Å². The summed E-state index contributed by atoms with van der Waals surface area (Å²) in [7, 11) is 0. The lowest BCUT2D eigenvalue weighted by molar-refractivity contribution is -0.142. The molecule has 4 heterocycles. The molecular formula is C20H27F3N4O2. The van der Waals surface area contributed by atoms with Crippen molar-refractivity contribution in [2.24, 2.45) is 0 Å². The normalized spacial score (nSPS) is 24.9. The second-order valence-corrected chi connectivity index (χ2v) is 7.98. The molecule has 1 amide bonds. The van der Waals surface area contributed by atoms with Crippen molar-refractivity contribution in [3.8, 4) is 0 Å². The van der Waals surface area contributed by atoms with Crippen molar-refractivity contribution < 1.29 is 22.7 Å². The van der Waals surface area contributed by atoms with Crippen LogP contribution in [0.3, 0.4) is 0 Å². The van der Waals surface area contributed by atoms with E-state index in [2.05, 4.69) is 9.88 Å². The predicted molar refractivity (Wildman–Crippen MR) is 102 cm³/mol. The molecule has 1 aromatic heterocycles. The molecule has 6 nitrogen and oxygen atoms in total. The van der Waals surface area contributed by atoms with E-state index >= 15 is 0 Å². The largest absolute Gasteiger partial charge is 0.417 e. The van der Waals surface area contributed by atoms with Crippen LogP contribution in [0.5, 0.6) is 0 Å². The van der Waals surface area contributed by atoms with Gasteiger partial charge in [-0.25, -0.2) is 4.98 Å². The molecule has 9 heteroatoms. The Bertz CT molecular complexity index is 691. The van der Waals surface area contributed by atoms with Crippen molar-refractivity contribution in [3.05, 3.63) is 23.9 Å². The van der Waals surface area contributed by atoms with Crippen LogP contribution in [0.25, 0.3) is 0 Å². The minimum atomic E-state index is -4.36. The number of aromatic nitrogens is 1. The van der Waals surface area contributed by atoms with Crippen LogP contribution < -0.4 is 4.90 Å². The Kier molecular flexibility index (Phi) is 5.96. The number of alkyl halides is 3. The molecule has 1 atom stereocenters. The van der Waals surface area contributed by atoms with Crippen LogP contribution in [0, 0.1) is 0 Å². The maximum Gasteiger partial charge on any atom is 0.417 e. The zero-order valence-electron chi connectivity index (χ0n) is 16.4. The van der Waals surface area contributed by atoms with E-state index in [-0.39, 0.29) is 12.0 Å². The molecule has 3 saturated heterocycles. The van der Waals surface area contributed by atoms with Crippen molar-refractivity contribution in [2.75, 3.05) is 50.8 Å². The molecule has 0 saturated carbocycles. The van der Waals surface area contributed by atoms with Gasteiger partial charge in [-0.15, -0.1) is 0 Å². The smallest absolute Gasteiger partial charge is 0.368 e. The fourth-order valence-corrected chi connectivity index (χ4v) is 4.48. The molecule has 0 bridgehead atoms. The monoisotopic (exact) mass is 412 g/mol. The Morgan fingerprint density at radius 1 is 1.03 bits per heavy atom. The third-order valence-electron chi connectivity index (χ3n) is 6.21. The number of piperazine rings is 1. The van der Waals surface area contributed by atoms with Crippen molar-refractivity contribution in [3.63, 3.8) is 0 Å². The van der Waals surface area contributed by atoms with E-state index in [1.165, 1.54) is 6.07 Å². The summed E-state index contributed by atoms with van der Waals surface area (Å²) in [6, 6.07) is 3.00. The van der Waals surface area contributed by atoms with E-state index < -0.39 is 11.7 Å². The second-order valence-electron chi connectivity index (χ2n) is 7.98. The van der Waals surface area contributed by atoms with Gasteiger partial charge in [-0.3, -0.25) is 9.69 Å². The molecule has 3 fully saturated rings. The van der Waals surface area contributed by atoms with Crippen LogP contribution in [0.1, 0.15) is 31.2 Å². The first kappa shape index (κ1) is 20.4. The Morgan fingerprint density at radius 3 is 2.31 bits per heavy atom. The number of anilines is 1. The number of amides is 1. The highest BCUT2D eigenvalue weighted by Gasteiger charge is 2.34. The number of pyridine rings is 1. The standard InChI is InChI=1S/C20H27F3N4O2/c21-20(22,23)15-3-4-18(24-14-15)26-11-9-25(10-12-26)16-5-7-27(8-6-16)19(28)17-2-1-13-29-17/h3-4,14,16-17H,1-2,5-13H2. The number of carbonyl (C=O) groups is 1. The first-order chi connectivity index (χ1) is 13.9. The summed E-state index contributed by atoms with van der Waals surface area (Å²) < 4.78 is 43.6. The molecule has 0 aromatic carbocycles. The summed E-state index contributed by atoms with van der Waals surface area (Å²) in [4.78, 5) is 22.9. The molecule has 0 aliphatic carbocycles. The van der Waals surface area contributed by atoms with E-state index in [4.69, 9.17) is 4.74 Å². The lowest BCUT2D eigenvalue weighted by Gasteiger charge is -2.43. The fraction of sp³-hybridized carbons (Fsp3) is 0.700. The zero-order chi connectivity index (χ0) is 20.4. The number of halogens is 3. The van der Waals surface area contributed by atoms with Gasteiger partial charge in [-0.1, -0.05) is 0 Å². The summed E-state index contributed by atoms with van der Waals surface area (Å²) in [6.45, 7) is 5.42. The van der Waals surface area contributed by atoms with Gasteiger partial charge in [-0.2, -0.15) is 13.2 Å². The maximum atomic E-state index is 12.7. The number of hydrogen-bond acceptors (Lipinski definition) is 5. The van der Waals surface area contributed by atoms with Gasteiger partial charge in [0.1, 0.15) is 11.9 Å². The van der Waals surface area contributed by atoms with E-state index in [0.717, 1.165) is 77.2 Å².